The summed E-state index contributed by atoms with van der Waals surface area (Å²) in [6, 6.07) is 10.2. The number of hydrogen-bond acceptors (Lipinski definition) is 4. The van der Waals surface area contributed by atoms with Crippen LogP contribution in [0.1, 0.15) is 5.56 Å². The van der Waals surface area contributed by atoms with Gasteiger partial charge in [0.25, 0.3) is 0 Å². The maximum atomic E-state index is 10.5. The molecule has 0 spiro atoms. The molecule has 90 valence electrons. The van der Waals surface area contributed by atoms with Crippen LogP contribution in [0.3, 0.4) is 0 Å². The molecule has 0 unspecified atom stereocenters. The van der Waals surface area contributed by atoms with Gasteiger partial charge in [-0.05, 0) is 24.6 Å². The van der Waals surface area contributed by atoms with Gasteiger partial charge in [-0.2, -0.15) is 0 Å². The average molecular weight is 257 g/mol. The van der Waals surface area contributed by atoms with E-state index in [0.717, 1.165) is 22.6 Å². The van der Waals surface area contributed by atoms with E-state index in [1.807, 2.05) is 28.7 Å². The van der Waals surface area contributed by atoms with Gasteiger partial charge in [-0.15, -0.1) is 10.2 Å². The molecule has 0 radical (unpaired) electrons. The maximum Gasteiger partial charge on any atom is 0.196 e. The first-order chi connectivity index (χ1) is 8.81. The fraction of sp³-hybridized carbons (Fsp3) is 0.154. The summed E-state index contributed by atoms with van der Waals surface area (Å²) in [5, 5.41) is 10.2. The van der Waals surface area contributed by atoms with Crippen molar-refractivity contribution in [1.82, 2.24) is 14.6 Å². The number of para-hydroxylation sites is 1. The zero-order chi connectivity index (χ0) is 12.5. The molecule has 0 atom stereocenters. The minimum Gasteiger partial charge on any atom is -0.302 e. The Kier molecular flexibility index (Phi) is 2.76. The molecule has 4 nitrogen and oxygen atoms in total. The fourth-order valence-electron chi connectivity index (χ4n) is 2.08. The van der Waals surface area contributed by atoms with Gasteiger partial charge in [-0.3, -0.25) is 4.40 Å². The number of rotatable bonds is 3. The molecule has 3 rings (SSSR count). The van der Waals surface area contributed by atoms with E-state index in [9.17, 15) is 4.79 Å². The molecule has 0 fully saturated rings. The second kappa shape index (κ2) is 4.42. The first-order valence-electron chi connectivity index (χ1n) is 5.61. The minimum atomic E-state index is 0.392. The second-order valence-corrected chi connectivity index (χ2v) is 4.99. The molecule has 0 amide bonds. The van der Waals surface area contributed by atoms with Crippen molar-refractivity contribution in [3.8, 4) is 0 Å². The van der Waals surface area contributed by atoms with Crippen molar-refractivity contribution in [2.75, 3.05) is 5.75 Å². The van der Waals surface area contributed by atoms with Crippen molar-refractivity contribution in [2.45, 2.75) is 12.1 Å². The normalized spacial score (nSPS) is 11.2. The first-order valence-corrected chi connectivity index (χ1v) is 6.60. The Bertz CT molecular complexity index is 736. The van der Waals surface area contributed by atoms with E-state index >= 15 is 0 Å². The van der Waals surface area contributed by atoms with Crippen LogP contribution in [0.5, 0.6) is 0 Å². The topological polar surface area (TPSA) is 47.3 Å². The molecule has 0 aliphatic heterocycles. The molecule has 1 aromatic carbocycles. The van der Waals surface area contributed by atoms with Crippen LogP contribution in [0.15, 0.2) is 35.5 Å². The summed E-state index contributed by atoms with van der Waals surface area (Å²) in [4.78, 5) is 10.5. The largest absolute Gasteiger partial charge is 0.302 e. The SMILES string of the molecule is Cc1cc2nnc(SCC=O)n2c2ccccc12. The number of fused-ring (bicyclic) bond motifs is 3. The van der Waals surface area contributed by atoms with Crippen molar-refractivity contribution in [3.05, 3.63) is 35.9 Å². The summed E-state index contributed by atoms with van der Waals surface area (Å²) in [5.74, 6) is 0.392. The van der Waals surface area contributed by atoms with E-state index in [1.165, 1.54) is 22.7 Å². The second-order valence-electron chi connectivity index (χ2n) is 4.00. The van der Waals surface area contributed by atoms with Crippen molar-refractivity contribution in [2.24, 2.45) is 0 Å². The molecule has 2 aromatic heterocycles. The van der Waals surface area contributed by atoms with E-state index in [4.69, 9.17) is 0 Å². The number of aryl methyl sites for hydroxylation is 1. The lowest BCUT2D eigenvalue weighted by molar-refractivity contribution is -0.105. The molecule has 18 heavy (non-hydrogen) atoms. The van der Waals surface area contributed by atoms with Crippen LogP contribution in [0.25, 0.3) is 16.6 Å². The number of thioether (sulfide) groups is 1. The highest BCUT2D eigenvalue weighted by Crippen LogP contribution is 2.25. The quantitative estimate of drug-likeness (QED) is 0.534. The van der Waals surface area contributed by atoms with Crippen LogP contribution in [0, 0.1) is 6.92 Å². The Balaban J connectivity index is 2.35. The third-order valence-electron chi connectivity index (χ3n) is 2.85. The third-order valence-corrected chi connectivity index (χ3v) is 3.68. The lowest BCUT2D eigenvalue weighted by Gasteiger charge is -2.06. The standard InChI is InChI=1S/C13H11N3OS/c1-9-8-12-14-15-13(18-7-6-17)16(12)11-5-3-2-4-10(9)11/h2-6,8H,7H2,1H3. The number of nitrogens with zero attached hydrogens (tertiary/aromatic N) is 3. The van der Waals surface area contributed by atoms with Crippen LogP contribution >= 0.6 is 11.8 Å². The molecule has 0 bridgehead atoms. The monoisotopic (exact) mass is 257 g/mol. The van der Waals surface area contributed by atoms with Gasteiger partial charge in [0, 0.05) is 5.39 Å². The van der Waals surface area contributed by atoms with Gasteiger partial charge in [0.15, 0.2) is 10.8 Å². The van der Waals surface area contributed by atoms with Crippen LogP contribution in [0.4, 0.5) is 0 Å². The number of pyridine rings is 1. The zero-order valence-electron chi connectivity index (χ0n) is 9.83. The highest BCUT2D eigenvalue weighted by Gasteiger charge is 2.10. The smallest absolute Gasteiger partial charge is 0.196 e. The Morgan fingerprint density at radius 3 is 3.00 bits per heavy atom. The Labute approximate surface area is 108 Å². The summed E-state index contributed by atoms with van der Waals surface area (Å²) in [7, 11) is 0. The lowest BCUT2D eigenvalue weighted by atomic mass is 10.1. The fourth-order valence-corrected chi connectivity index (χ4v) is 2.71. The van der Waals surface area contributed by atoms with Crippen LogP contribution in [-0.4, -0.2) is 26.6 Å². The van der Waals surface area contributed by atoms with E-state index in [-0.39, 0.29) is 0 Å². The van der Waals surface area contributed by atoms with E-state index in [1.54, 1.807) is 0 Å². The highest BCUT2D eigenvalue weighted by molar-refractivity contribution is 7.99. The number of carbonyl (C=O) groups is 1. The molecular formula is C13H11N3OS. The van der Waals surface area contributed by atoms with Crippen molar-refractivity contribution in [1.29, 1.82) is 0 Å². The van der Waals surface area contributed by atoms with Crippen molar-refractivity contribution < 1.29 is 4.79 Å². The Morgan fingerprint density at radius 1 is 1.33 bits per heavy atom. The molecule has 3 aromatic rings. The molecule has 0 N–H and O–H groups in total. The van der Waals surface area contributed by atoms with Crippen LogP contribution in [-0.2, 0) is 4.79 Å². The molecule has 0 saturated carbocycles. The lowest BCUT2D eigenvalue weighted by Crippen LogP contribution is -1.93. The average Bonchev–Trinajstić information content (AvgIpc) is 2.80. The van der Waals surface area contributed by atoms with Gasteiger partial charge in [-0.1, -0.05) is 30.0 Å². The number of benzene rings is 1. The van der Waals surface area contributed by atoms with E-state index < -0.39 is 0 Å². The van der Waals surface area contributed by atoms with Crippen molar-refractivity contribution >= 4 is 34.6 Å². The molecular weight excluding hydrogens is 246 g/mol. The van der Waals surface area contributed by atoms with Crippen LogP contribution in [0.2, 0.25) is 0 Å². The van der Waals surface area contributed by atoms with Gasteiger partial charge in [0.05, 0.1) is 11.3 Å². The predicted octanol–water partition coefficient (Wildman–Crippen LogP) is 2.48. The predicted molar refractivity (Wildman–Crippen MR) is 72.0 cm³/mol. The molecule has 5 heteroatoms. The first kappa shape index (κ1) is 11.2. The number of aldehydes is 1. The highest BCUT2D eigenvalue weighted by atomic mass is 32.2. The summed E-state index contributed by atoms with van der Waals surface area (Å²) < 4.78 is 2.00. The summed E-state index contributed by atoms with van der Waals surface area (Å²) in [5.41, 5.74) is 3.07. The van der Waals surface area contributed by atoms with Gasteiger partial charge in [-0.25, -0.2) is 0 Å². The summed E-state index contributed by atoms with van der Waals surface area (Å²) in [6.45, 7) is 2.06. The van der Waals surface area contributed by atoms with E-state index in [2.05, 4.69) is 23.2 Å². The molecule has 0 aliphatic rings. The van der Waals surface area contributed by atoms with Crippen molar-refractivity contribution in [3.63, 3.8) is 0 Å². The summed E-state index contributed by atoms with van der Waals surface area (Å²) >= 11 is 1.40. The third kappa shape index (κ3) is 1.67. The maximum absolute atomic E-state index is 10.5. The van der Waals surface area contributed by atoms with Gasteiger partial charge >= 0.3 is 0 Å². The summed E-state index contributed by atoms with van der Waals surface area (Å²) in [6.07, 6.45) is 0.877. The number of hydrogen-bond donors (Lipinski definition) is 0. The Hall–Kier alpha value is -1.88. The van der Waals surface area contributed by atoms with E-state index in [0.29, 0.717) is 5.75 Å². The Morgan fingerprint density at radius 2 is 2.17 bits per heavy atom. The van der Waals surface area contributed by atoms with Gasteiger partial charge in [0.1, 0.15) is 6.29 Å². The van der Waals surface area contributed by atoms with Gasteiger partial charge in [0.2, 0.25) is 0 Å². The number of carbonyl (C=O) groups excluding carboxylic acids is 1. The zero-order valence-corrected chi connectivity index (χ0v) is 10.6. The molecule has 0 saturated heterocycles. The molecule has 2 heterocycles. The molecule has 0 aliphatic carbocycles. The number of aromatic nitrogens is 3. The van der Waals surface area contributed by atoms with Gasteiger partial charge < -0.3 is 4.79 Å². The minimum absolute atomic E-state index is 0.392. The van der Waals surface area contributed by atoms with Crippen LogP contribution < -0.4 is 0 Å².